The zero-order valence-corrected chi connectivity index (χ0v) is 13.3. The van der Waals surface area contributed by atoms with Gasteiger partial charge in [-0.05, 0) is 46.0 Å². The summed E-state index contributed by atoms with van der Waals surface area (Å²) in [4.78, 5) is 9.60. The average Bonchev–Trinajstić information content (AvgIpc) is 2.93. The molecule has 0 amide bonds. The molecule has 0 aliphatic heterocycles. The smallest absolute Gasteiger partial charge is 0.162 e. The van der Waals surface area contributed by atoms with E-state index < -0.39 is 0 Å². The number of hydrogen-bond acceptors (Lipinski definition) is 4. The summed E-state index contributed by atoms with van der Waals surface area (Å²) in [7, 11) is 0. The molecule has 2 rings (SSSR count). The van der Waals surface area contributed by atoms with Crippen LogP contribution in [0.25, 0.3) is 0 Å². The second-order valence-electron chi connectivity index (χ2n) is 5.62. The van der Waals surface area contributed by atoms with E-state index in [0.717, 1.165) is 43.9 Å². The van der Waals surface area contributed by atoms with Gasteiger partial charge in [0.15, 0.2) is 5.82 Å². The maximum absolute atomic E-state index is 5.93. The summed E-state index contributed by atoms with van der Waals surface area (Å²) < 4.78 is 5.93. The van der Waals surface area contributed by atoms with Gasteiger partial charge < -0.3 is 10.1 Å². The Labute approximate surface area is 122 Å². The summed E-state index contributed by atoms with van der Waals surface area (Å²) >= 11 is 0. The van der Waals surface area contributed by atoms with Gasteiger partial charge in [-0.3, -0.25) is 0 Å². The predicted octanol–water partition coefficient (Wildman–Crippen LogP) is 3.45. The molecule has 4 heteroatoms. The highest BCUT2D eigenvalue weighted by Crippen LogP contribution is 2.32. The normalized spacial score (nSPS) is 16.8. The lowest BCUT2D eigenvalue weighted by molar-refractivity contribution is -0.0390. The summed E-state index contributed by atoms with van der Waals surface area (Å²) in [5, 5.41) is 3.47. The van der Waals surface area contributed by atoms with Crippen molar-refractivity contribution in [3.05, 3.63) is 17.1 Å². The number of hydrogen-bond donors (Lipinski definition) is 1. The van der Waals surface area contributed by atoms with Crippen LogP contribution in [0, 0.1) is 0 Å². The third kappa shape index (κ3) is 2.95. The first kappa shape index (κ1) is 15.2. The maximum atomic E-state index is 5.93. The molecule has 0 saturated heterocycles. The molecule has 1 atom stereocenters. The van der Waals surface area contributed by atoms with Crippen LogP contribution in [0.3, 0.4) is 0 Å². The highest BCUT2D eigenvalue weighted by molar-refractivity contribution is 5.49. The van der Waals surface area contributed by atoms with E-state index in [2.05, 4.69) is 26.1 Å². The van der Waals surface area contributed by atoms with E-state index in [1.165, 1.54) is 17.7 Å². The van der Waals surface area contributed by atoms with Crippen LogP contribution in [0.4, 0.5) is 5.82 Å². The van der Waals surface area contributed by atoms with Gasteiger partial charge in [-0.1, -0.05) is 13.8 Å². The Morgan fingerprint density at radius 1 is 1.20 bits per heavy atom. The summed E-state index contributed by atoms with van der Waals surface area (Å²) in [5.74, 6) is 1.87. The van der Waals surface area contributed by atoms with E-state index >= 15 is 0 Å². The third-order valence-corrected chi connectivity index (χ3v) is 4.09. The molecule has 1 aliphatic carbocycles. The minimum Gasteiger partial charge on any atom is -0.370 e. The largest absolute Gasteiger partial charge is 0.370 e. The van der Waals surface area contributed by atoms with Gasteiger partial charge in [-0.25, -0.2) is 9.97 Å². The van der Waals surface area contributed by atoms with Crippen LogP contribution in [0.2, 0.25) is 0 Å². The van der Waals surface area contributed by atoms with E-state index in [0.29, 0.717) is 6.61 Å². The topological polar surface area (TPSA) is 47.0 Å². The SMILES string of the molecule is CCCNc1nc(C(C)(CC)OCC)nc2c1CCC2. The molecule has 0 spiro atoms. The van der Waals surface area contributed by atoms with Crippen molar-refractivity contribution in [1.82, 2.24) is 9.97 Å². The number of anilines is 1. The summed E-state index contributed by atoms with van der Waals surface area (Å²) in [6.07, 6.45) is 5.33. The maximum Gasteiger partial charge on any atom is 0.162 e. The van der Waals surface area contributed by atoms with Crippen LogP contribution in [-0.2, 0) is 23.2 Å². The van der Waals surface area contributed by atoms with E-state index in [-0.39, 0.29) is 5.60 Å². The Kier molecular flexibility index (Phi) is 4.97. The lowest BCUT2D eigenvalue weighted by atomic mass is 10.0. The molecule has 0 radical (unpaired) electrons. The van der Waals surface area contributed by atoms with Crippen molar-refractivity contribution in [3.8, 4) is 0 Å². The first-order valence-electron chi connectivity index (χ1n) is 7.92. The van der Waals surface area contributed by atoms with Crippen molar-refractivity contribution in [3.63, 3.8) is 0 Å². The number of aromatic nitrogens is 2. The third-order valence-electron chi connectivity index (χ3n) is 4.09. The van der Waals surface area contributed by atoms with E-state index in [4.69, 9.17) is 14.7 Å². The van der Waals surface area contributed by atoms with Crippen LogP contribution in [0.5, 0.6) is 0 Å². The second kappa shape index (κ2) is 6.53. The Bertz CT molecular complexity index is 461. The number of aryl methyl sites for hydroxylation is 1. The minimum atomic E-state index is -0.380. The van der Waals surface area contributed by atoms with Gasteiger partial charge in [0, 0.05) is 24.4 Å². The molecule has 1 aromatic rings. The molecule has 20 heavy (non-hydrogen) atoms. The Morgan fingerprint density at radius 2 is 2.00 bits per heavy atom. The van der Waals surface area contributed by atoms with Gasteiger partial charge in [-0.15, -0.1) is 0 Å². The molecular weight excluding hydrogens is 250 g/mol. The fourth-order valence-corrected chi connectivity index (χ4v) is 2.70. The Balaban J connectivity index is 2.39. The van der Waals surface area contributed by atoms with Gasteiger partial charge in [0.1, 0.15) is 11.4 Å². The van der Waals surface area contributed by atoms with Gasteiger partial charge in [0.2, 0.25) is 0 Å². The number of nitrogens with one attached hydrogen (secondary N) is 1. The van der Waals surface area contributed by atoms with Crippen molar-refractivity contribution in [2.45, 2.75) is 65.4 Å². The van der Waals surface area contributed by atoms with E-state index in [1.807, 2.05) is 6.92 Å². The van der Waals surface area contributed by atoms with Crippen LogP contribution < -0.4 is 5.32 Å². The van der Waals surface area contributed by atoms with Gasteiger partial charge in [0.25, 0.3) is 0 Å². The first-order chi connectivity index (χ1) is 9.64. The Morgan fingerprint density at radius 3 is 2.65 bits per heavy atom. The molecule has 4 nitrogen and oxygen atoms in total. The zero-order valence-electron chi connectivity index (χ0n) is 13.3. The molecule has 0 saturated carbocycles. The monoisotopic (exact) mass is 277 g/mol. The molecule has 0 bridgehead atoms. The van der Waals surface area contributed by atoms with Crippen molar-refractivity contribution in [1.29, 1.82) is 0 Å². The minimum absolute atomic E-state index is 0.380. The molecular formula is C16H27N3O. The number of nitrogens with zero attached hydrogens (tertiary/aromatic N) is 2. The van der Waals surface area contributed by atoms with Crippen LogP contribution >= 0.6 is 0 Å². The highest BCUT2D eigenvalue weighted by atomic mass is 16.5. The predicted molar refractivity (Wildman–Crippen MR) is 82.1 cm³/mol. The molecule has 1 aliphatic rings. The molecule has 0 aromatic carbocycles. The molecule has 0 fully saturated rings. The quantitative estimate of drug-likeness (QED) is 0.829. The molecule has 1 heterocycles. The Hall–Kier alpha value is -1.16. The average molecular weight is 277 g/mol. The van der Waals surface area contributed by atoms with Gasteiger partial charge in [0.05, 0.1) is 0 Å². The van der Waals surface area contributed by atoms with Crippen molar-refractivity contribution in [2.75, 3.05) is 18.5 Å². The van der Waals surface area contributed by atoms with Crippen molar-refractivity contribution >= 4 is 5.82 Å². The summed E-state index contributed by atoms with van der Waals surface area (Å²) in [6.45, 7) is 10.1. The van der Waals surface area contributed by atoms with Crippen molar-refractivity contribution < 1.29 is 4.74 Å². The number of ether oxygens (including phenoxy) is 1. The van der Waals surface area contributed by atoms with E-state index in [9.17, 15) is 0 Å². The summed E-state index contributed by atoms with van der Waals surface area (Å²) in [5.41, 5.74) is 2.15. The lowest BCUT2D eigenvalue weighted by Gasteiger charge is -2.27. The molecule has 1 N–H and O–H groups in total. The van der Waals surface area contributed by atoms with Gasteiger partial charge in [-0.2, -0.15) is 0 Å². The summed E-state index contributed by atoms with van der Waals surface area (Å²) in [6, 6.07) is 0. The highest BCUT2D eigenvalue weighted by Gasteiger charge is 2.31. The van der Waals surface area contributed by atoms with E-state index in [1.54, 1.807) is 0 Å². The standard InChI is InChI=1S/C16H27N3O/c1-5-11-17-14-12-9-8-10-13(12)18-15(19-14)16(4,6-2)20-7-3/h5-11H2,1-4H3,(H,17,18,19). The molecule has 1 aromatic heterocycles. The zero-order chi connectivity index (χ0) is 14.6. The molecule has 112 valence electrons. The second-order valence-corrected chi connectivity index (χ2v) is 5.62. The van der Waals surface area contributed by atoms with Crippen LogP contribution in [0.1, 0.15) is 64.0 Å². The van der Waals surface area contributed by atoms with Gasteiger partial charge >= 0.3 is 0 Å². The lowest BCUT2D eigenvalue weighted by Crippen LogP contribution is -2.29. The molecule has 1 unspecified atom stereocenters. The van der Waals surface area contributed by atoms with Crippen molar-refractivity contribution in [2.24, 2.45) is 0 Å². The number of fused-ring (bicyclic) bond motifs is 1. The fourth-order valence-electron chi connectivity index (χ4n) is 2.70. The number of rotatable bonds is 7. The van der Waals surface area contributed by atoms with Crippen LogP contribution in [-0.4, -0.2) is 23.1 Å². The first-order valence-corrected chi connectivity index (χ1v) is 7.92. The van der Waals surface area contributed by atoms with Crippen LogP contribution in [0.15, 0.2) is 0 Å². The fraction of sp³-hybridized carbons (Fsp3) is 0.750.